The van der Waals surface area contributed by atoms with E-state index in [0.717, 1.165) is 22.3 Å². The van der Waals surface area contributed by atoms with Crippen LogP contribution in [0.2, 0.25) is 0 Å². The average Bonchev–Trinajstić information content (AvgIpc) is 3.16. The van der Waals surface area contributed by atoms with Gasteiger partial charge >= 0.3 is 7.60 Å². The second-order valence-corrected chi connectivity index (χ2v) is 12.9. The van der Waals surface area contributed by atoms with Crippen molar-refractivity contribution < 1.29 is 18.4 Å². The molecule has 232 valence electrons. The molecule has 0 unspecified atom stereocenters. The van der Waals surface area contributed by atoms with E-state index in [1.54, 1.807) is 30.3 Å². The van der Waals surface area contributed by atoms with Crippen molar-refractivity contribution in [1.82, 2.24) is 0 Å². The van der Waals surface area contributed by atoms with E-state index < -0.39 is 13.1 Å². The van der Waals surface area contributed by atoms with Crippen LogP contribution >= 0.6 is 7.60 Å². The van der Waals surface area contributed by atoms with Crippen LogP contribution in [-0.2, 0) is 4.57 Å². The minimum atomic E-state index is -4.70. The number of para-hydroxylation sites is 2. The third-order valence-corrected chi connectivity index (χ3v) is 9.66. The zero-order chi connectivity index (χ0) is 32.8. The Bertz CT molecular complexity index is 1950. The first-order valence-corrected chi connectivity index (χ1v) is 17.2. The number of hydrogen-bond acceptors (Lipinski definition) is 4. The second kappa shape index (κ2) is 13.8. The van der Waals surface area contributed by atoms with E-state index in [2.05, 4.69) is 0 Å². The summed E-state index contributed by atoms with van der Waals surface area (Å²) in [4.78, 5) is 14.6. The summed E-state index contributed by atoms with van der Waals surface area (Å²) in [6.45, 7) is 0. The smallest absolute Gasteiger partial charge is 0.409 e. The molecule has 0 aliphatic carbocycles. The summed E-state index contributed by atoms with van der Waals surface area (Å²) in [6.07, 6.45) is 0. The summed E-state index contributed by atoms with van der Waals surface area (Å²) < 4.78 is 28.9. The summed E-state index contributed by atoms with van der Waals surface area (Å²) in [5.41, 5.74) is 5.59. The highest BCUT2D eigenvalue weighted by atomic mass is 31.2. The first-order valence-electron chi connectivity index (χ1n) is 15.7. The highest BCUT2D eigenvalue weighted by molar-refractivity contribution is 7.73. The maximum absolute atomic E-state index is 15.6. The Labute approximate surface area is 280 Å². The van der Waals surface area contributed by atoms with Gasteiger partial charge < -0.3 is 9.05 Å². The monoisotopic (exact) mass is 642 g/mol. The van der Waals surface area contributed by atoms with Crippen LogP contribution in [0, 0.1) is 0 Å². The number of carbonyl (C=O) groups excluding carboxylic acids is 1. The van der Waals surface area contributed by atoms with Crippen LogP contribution in [-0.4, -0.2) is 5.52 Å². The molecule has 0 heterocycles. The molecule has 0 bridgehead atoms. The minimum absolute atomic E-state index is 0.220. The Balaban J connectivity index is 1.47. The molecule has 0 fully saturated rings. The fourth-order valence-corrected chi connectivity index (χ4v) is 7.27. The van der Waals surface area contributed by atoms with Crippen LogP contribution < -0.4 is 9.05 Å². The lowest BCUT2D eigenvalue weighted by molar-refractivity contribution is 0.104. The molecular formula is C43H31O4P. The molecule has 0 aliphatic heterocycles. The first-order chi connectivity index (χ1) is 23.6. The summed E-state index contributed by atoms with van der Waals surface area (Å²) >= 11 is 0. The highest BCUT2D eigenvalue weighted by Gasteiger charge is 2.42. The zero-order valence-corrected chi connectivity index (χ0v) is 26.9. The second-order valence-electron chi connectivity index (χ2n) is 11.2. The van der Waals surface area contributed by atoms with Crippen LogP contribution in [0.15, 0.2) is 188 Å². The number of carbonyl (C=O) groups is 1. The molecule has 0 radical (unpaired) electrons. The van der Waals surface area contributed by atoms with Crippen molar-refractivity contribution in [3.05, 3.63) is 194 Å². The van der Waals surface area contributed by atoms with Crippen LogP contribution in [0.5, 0.6) is 11.5 Å². The zero-order valence-electron chi connectivity index (χ0n) is 26.0. The Kier molecular flexibility index (Phi) is 8.82. The lowest BCUT2D eigenvalue weighted by Gasteiger charge is -2.25. The molecule has 5 heteroatoms. The largest absolute Gasteiger partial charge is 0.503 e. The van der Waals surface area contributed by atoms with Crippen LogP contribution in [0.3, 0.4) is 0 Å². The minimum Gasteiger partial charge on any atom is -0.409 e. The van der Waals surface area contributed by atoms with Crippen LogP contribution in [0.4, 0.5) is 0 Å². The van der Waals surface area contributed by atoms with Gasteiger partial charge in [-0.25, -0.2) is 4.57 Å². The quantitative estimate of drug-likeness (QED) is 0.139. The van der Waals surface area contributed by atoms with Gasteiger partial charge in [-0.3, -0.25) is 4.79 Å². The molecular weight excluding hydrogens is 611 g/mol. The molecule has 0 saturated heterocycles. The molecule has 7 aromatic rings. The molecule has 0 aromatic heterocycles. The van der Waals surface area contributed by atoms with Crippen molar-refractivity contribution in [3.63, 3.8) is 0 Å². The van der Waals surface area contributed by atoms with E-state index >= 15 is 4.57 Å². The van der Waals surface area contributed by atoms with E-state index in [1.165, 1.54) is 0 Å². The lowest BCUT2D eigenvalue weighted by Crippen LogP contribution is -2.13. The molecule has 48 heavy (non-hydrogen) atoms. The normalized spacial score (nSPS) is 11.1. The predicted molar refractivity (Wildman–Crippen MR) is 194 cm³/mol. The third kappa shape index (κ3) is 6.35. The summed E-state index contributed by atoms with van der Waals surface area (Å²) in [5.74, 6) is 0.585. The average molecular weight is 643 g/mol. The van der Waals surface area contributed by atoms with Gasteiger partial charge in [-0.05, 0) is 22.3 Å². The van der Waals surface area contributed by atoms with Gasteiger partial charge in [0.2, 0.25) is 0 Å². The topological polar surface area (TPSA) is 52.6 Å². The molecule has 7 aromatic carbocycles. The highest BCUT2D eigenvalue weighted by Crippen LogP contribution is 2.57. The molecule has 0 saturated carbocycles. The summed E-state index contributed by atoms with van der Waals surface area (Å²) in [6, 6.07) is 58.9. The Morgan fingerprint density at radius 2 is 0.625 bits per heavy atom. The van der Waals surface area contributed by atoms with Crippen molar-refractivity contribution >= 4 is 13.1 Å². The van der Waals surface area contributed by atoms with Gasteiger partial charge in [0, 0.05) is 27.8 Å². The van der Waals surface area contributed by atoms with E-state index in [9.17, 15) is 4.79 Å². The maximum atomic E-state index is 15.6. The Morgan fingerprint density at radius 1 is 0.354 bits per heavy atom. The number of hydrogen-bond donors (Lipinski definition) is 0. The number of rotatable bonds is 10. The van der Waals surface area contributed by atoms with Crippen molar-refractivity contribution in [2.24, 2.45) is 0 Å². The fraction of sp³-hybridized carbons (Fsp3) is 0. The van der Waals surface area contributed by atoms with Crippen LogP contribution in [0.1, 0.15) is 10.4 Å². The van der Waals surface area contributed by atoms with Gasteiger partial charge in [0.15, 0.2) is 0 Å². The lowest BCUT2D eigenvalue weighted by atomic mass is 9.97. The van der Waals surface area contributed by atoms with Crippen molar-refractivity contribution in [2.75, 3.05) is 0 Å². The first kappa shape index (κ1) is 30.7. The van der Waals surface area contributed by atoms with E-state index in [0.29, 0.717) is 33.8 Å². The Morgan fingerprint density at radius 3 is 0.917 bits per heavy atom. The third-order valence-electron chi connectivity index (χ3n) is 8.06. The molecule has 7 rings (SSSR count). The molecule has 4 nitrogen and oxygen atoms in total. The molecule has 0 spiro atoms. The molecule has 0 aliphatic rings. The predicted octanol–water partition coefficient (Wildman–Crippen LogP) is 11.8. The van der Waals surface area contributed by atoms with Crippen molar-refractivity contribution in [2.45, 2.75) is 0 Å². The van der Waals surface area contributed by atoms with Crippen LogP contribution in [0.25, 0.3) is 44.5 Å². The molecule has 0 amide bonds. The van der Waals surface area contributed by atoms with Gasteiger partial charge in [0.05, 0.1) is 0 Å². The SMILES string of the molecule is O=C(c1ccccc1)P(=O)(Oc1c(-c2ccccc2)cccc1-c1ccccc1)Oc1c(-c2ccccc2)cccc1-c1ccccc1. The van der Waals surface area contributed by atoms with Gasteiger partial charge in [0.1, 0.15) is 11.5 Å². The Hall–Kier alpha value is -5.96. The van der Waals surface area contributed by atoms with Gasteiger partial charge in [0.25, 0.3) is 5.52 Å². The maximum Gasteiger partial charge on any atom is 0.503 e. The van der Waals surface area contributed by atoms with Crippen molar-refractivity contribution in [3.8, 4) is 56.0 Å². The van der Waals surface area contributed by atoms with E-state index in [4.69, 9.17) is 9.05 Å². The molecule has 0 N–H and O–H groups in total. The van der Waals surface area contributed by atoms with E-state index in [-0.39, 0.29) is 5.56 Å². The van der Waals surface area contributed by atoms with E-state index in [1.807, 2.05) is 158 Å². The molecule has 0 atom stereocenters. The van der Waals surface area contributed by atoms with Gasteiger partial charge in [-0.1, -0.05) is 188 Å². The fourth-order valence-electron chi connectivity index (χ4n) is 5.73. The van der Waals surface area contributed by atoms with Gasteiger partial charge in [-0.2, -0.15) is 0 Å². The van der Waals surface area contributed by atoms with Crippen molar-refractivity contribution in [1.29, 1.82) is 0 Å². The standard InChI is InChI=1S/C43H31O4P/c44-43(36-26-14-5-15-27-36)48(45,46-41-37(32-18-6-1-7-19-32)28-16-29-38(41)33-20-8-2-9-21-33)47-42-39(34-22-10-3-11-23-34)30-17-31-40(42)35-24-12-4-13-25-35/h1-31H. The summed E-state index contributed by atoms with van der Waals surface area (Å²) in [5, 5.41) is 0. The van der Waals surface area contributed by atoms with Gasteiger partial charge in [-0.15, -0.1) is 0 Å². The number of benzene rings is 7. The summed E-state index contributed by atoms with van der Waals surface area (Å²) in [7, 11) is -4.70.